The smallest absolute Gasteiger partial charge is 0.321 e. The first-order valence-electron chi connectivity index (χ1n) is 6.71. The van der Waals surface area contributed by atoms with Gasteiger partial charge in [-0.3, -0.25) is 0 Å². The molecule has 0 bridgehead atoms. The van der Waals surface area contributed by atoms with Crippen LogP contribution in [0.5, 0.6) is 11.8 Å². The number of hydrogen-bond acceptors (Lipinski definition) is 5. The van der Waals surface area contributed by atoms with Crippen LogP contribution in [0.1, 0.15) is 18.1 Å². The van der Waals surface area contributed by atoms with Gasteiger partial charge in [0, 0.05) is 31.1 Å². The fourth-order valence-corrected chi connectivity index (χ4v) is 1.71. The van der Waals surface area contributed by atoms with Crippen molar-refractivity contribution >= 4 is 0 Å². The summed E-state index contributed by atoms with van der Waals surface area (Å²) in [5.74, 6) is 0.686. The van der Waals surface area contributed by atoms with Crippen LogP contribution in [0.2, 0.25) is 0 Å². The fourth-order valence-electron chi connectivity index (χ4n) is 1.71. The number of hydrogen-bond donors (Lipinski definition) is 2. The van der Waals surface area contributed by atoms with Gasteiger partial charge in [0.05, 0.1) is 0 Å². The third-order valence-electron chi connectivity index (χ3n) is 2.79. The summed E-state index contributed by atoms with van der Waals surface area (Å²) in [6, 6.07) is 7.87. The number of aromatic nitrogens is 2. The summed E-state index contributed by atoms with van der Waals surface area (Å²) >= 11 is 0. The SMILES string of the molecule is CCNCc1cnc(Oc2ccc(CCO)cc2)nc1. The van der Waals surface area contributed by atoms with Gasteiger partial charge in [-0.25, -0.2) is 9.97 Å². The lowest BCUT2D eigenvalue weighted by molar-refractivity contribution is 0.299. The minimum absolute atomic E-state index is 0.149. The van der Waals surface area contributed by atoms with E-state index in [1.807, 2.05) is 24.3 Å². The van der Waals surface area contributed by atoms with Crippen LogP contribution in [0.3, 0.4) is 0 Å². The van der Waals surface area contributed by atoms with E-state index >= 15 is 0 Å². The Morgan fingerprint density at radius 1 is 1.10 bits per heavy atom. The van der Waals surface area contributed by atoms with Crippen molar-refractivity contribution in [3.05, 3.63) is 47.8 Å². The van der Waals surface area contributed by atoms with E-state index in [-0.39, 0.29) is 6.61 Å². The van der Waals surface area contributed by atoms with Crippen LogP contribution in [0.4, 0.5) is 0 Å². The molecule has 2 N–H and O–H groups in total. The molecule has 0 atom stereocenters. The van der Waals surface area contributed by atoms with Gasteiger partial charge in [0.15, 0.2) is 0 Å². The second kappa shape index (κ2) is 7.57. The Balaban J connectivity index is 1.95. The largest absolute Gasteiger partial charge is 0.424 e. The Kier molecular flexibility index (Phi) is 5.46. The molecule has 0 unspecified atom stereocenters. The zero-order chi connectivity index (χ0) is 14.2. The molecule has 2 aromatic rings. The quantitative estimate of drug-likeness (QED) is 0.806. The molecule has 0 saturated carbocycles. The van der Waals surface area contributed by atoms with Crippen molar-refractivity contribution in [3.63, 3.8) is 0 Å². The summed E-state index contributed by atoms with van der Waals surface area (Å²) in [6.07, 6.45) is 4.16. The van der Waals surface area contributed by atoms with E-state index in [0.717, 1.165) is 24.2 Å². The summed E-state index contributed by atoms with van der Waals surface area (Å²) in [5, 5.41) is 12.1. The Hall–Kier alpha value is -1.98. The lowest BCUT2D eigenvalue weighted by Gasteiger charge is -2.06. The number of ether oxygens (including phenoxy) is 1. The number of aliphatic hydroxyl groups is 1. The van der Waals surface area contributed by atoms with Gasteiger partial charge < -0.3 is 15.2 Å². The molecule has 0 aliphatic heterocycles. The van der Waals surface area contributed by atoms with Gasteiger partial charge in [-0.05, 0) is 30.7 Å². The highest BCUT2D eigenvalue weighted by atomic mass is 16.5. The number of nitrogens with zero attached hydrogens (tertiary/aromatic N) is 2. The Bertz CT molecular complexity index is 512. The summed E-state index contributed by atoms with van der Waals surface area (Å²) in [5.41, 5.74) is 2.10. The summed E-state index contributed by atoms with van der Waals surface area (Å²) < 4.78 is 5.57. The van der Waals surface area contributed by atoms with E-state index in [2.05, 4.69) is 22.2 Å². The fraction of sp³-hybridized carbons (Fsp3) is 0.333. The predicted octanol–water partition coefficient (Wildman–Crippen LogP) is 1.91. The zero-order valence-electron chi connectivity index (χ0n) is 11.5. The van der Waals surface area contributed by atoms with Crippen LogP contribution in [-0.2, 0) is 13.0 Å². The predicted molar refractivity (Wildman–Crippen MR) is 76.7 cm³/mol. The molecule has 2 rings (SSSR count). The summed E-state index contributed by atoms with van der Waals surface area (Å²) in [6.45, 7) is 3.88. The van der Waals surface area contributed by atoms with Gasteiger partial charge in [-0.1, -0.05) is 19.1 Å². The summed E-state index contributed by atoms with van der Waals surface area (Å²) in [7, 11) is 0. The van der Waals surface area contributed by atoms with Crippen LogP contribution in [-0.4, -0.2) is 28.2 Å². The average molecular weight is 273 g/mol. The maximum Gasteiger partial charge on any atom is 0.321 e. The van der Waals surface area contributed by atoms with Crippen LogP contribution >= 0.6 is 0 Å². The van der Waals surface area contributed by atoms with Crippen molar-refractivity contribution in [2.75, 3.05) is 13.2 Å². The van der Waals surface area contributed by atoms with Crippen LogP contribution in [0.25, 0.3) is 0 Å². The van der Waals surface area contributed by atoms with Crippen LogP contribution in [0, 0.1) is 0 Å². The highest BCUT2D eigenvalue weighted by molar-refractivity contribution is 5.29. The van der Waals surface area contributed by atoms with Crippen LogP contribution in [0.15, 0.2) is 36.7 Å². The maximum atomic E-state index is 8.86. The zero-order valence-corrected chi connectivity index (χ0v) is 11.5. The first kappa shape index (κ1) is 14.4. The van der Waals surface area contributed by atoms with Gasteiger partial charge in [0.25, 0.3) is 0 Å². The van der Waals surface area contributed by atoms with Crippen LogP contribution < -0.4 is 10.1 Å². The van der Waals surface area contributed by atoms with Gasteiger partial charge >= 0.3 is 6.01 Å². The van der Waals surface area contributed by atoms with Crippen molar-refractivity contribution in [2.24, 2.45) is 0 Å². The monoisotopic (exact) mass is 273 g/mol. The topological polar surface area (TPSA) is 67.3 Å². The minimum atomic E-state index is 0.149. The molecule has 1 heterocycles. The molecule has 1 aromatic carbocycles. The first-order valence-corrected chi connectivity index (χ1v) is 6.71. The molecule has 0 aliphatic rings. The number of nitrogens with one attached hydrogen (secondary N) is 1. The van der Waals surface area contributed by atoms with E-state index < -0.39 is 0 Å². The molecule has 0 aliphatic carbocycles. The molecular weight excluding hydrogens is 254 g/mol. The van der Waals surface area contributed by atoms with Crippen molar-refractivity contribution in [1.29, 1.82) is 0 Å². The molecule has 0 radical (unpaired) electrons. The second-order valence-electron chi connectivity index (χ2n) is 4.37. The minimum Gasteiger partial charge on any atom is -0.424 e. The lowest BCUT2D eigenvalue weighted by atomic mass is 10.1. The standard InChI is InChI=1S/C15H19N3O2/c1-2-16-9-13-10-17-15(18-11-13)20-14-5-3-12(4-6-14)7-8-19/h3-6,10-11,16,19H,2,7-9H2,1H3. The van der Waals surface area contributed by atoms with Gasteiger partial charge in [-0.15, -0.1) is 0 Å². The normalized spacial score (nSPS) is 10.5. The third-order valence-corrected chi connectivity index (χ3v) is 2.79. The summed E-state index contributed by atoms with van der Waals surface area (Å²) in [4.78, 5) is 8.34. The molecule has 0 saturated heterocycles. The number of rotatable bonds is 7. The molecule has 0 fully saturated rings. The van der Waals surface area contributed by atoms with Crippen molar-refractivity contribution < 1.29 is 9.84 Å². The second-order valence-corrected chi connectivity index (χ2v) is 4.37. The molecule has 0 amide bonds. The molecule has 5 nitrogen and oxygen atoms in total. The average Bonchev–Trinajstić information content (AvgIpc) is 2.49. The van der Waals surface area contributed by atoms with E-state index in [0.29, 0.717) is 18.2 Å². The van der Waals surface area contributed by atoms with Gasteiger partial charge in [-0.2, -0.15) is 0 Å². The van der Waals surface area contributed by atoms with Crippen molar-refractivity contribution in [3.8, 4) is 11.8 Å². The Morgan fingerprint density at radius 2 is 1.80 bits per heavy atom. The first-order chi connectivity index (χ1) is 9.81. The van der Waals surface area contributed by atoms with E-state index in [9.17, 15) is 0 Å². The highest BCUT2D eigenvalue weighted by Gasteiger charge is 2.01. The molecule has 1 aromatic heterocycles. The van der Waals surface area contributed by atoms with Gasteiger partial charge in [0.1, 0.15) is 5.75 Å². The third kappa shape index (κ3) is 4.29. The molecule has 5 heteroatoms. The van der Waals surface area contributed by atoms with E-state index in [1.165, 1.54) is 0 Å². The van der Waals surface area contributed by atoms with Crippen molar-refractivity contribution in [1.82, 2.24) is 15.3 Å². The molecule has 0 spiro atoms. The van der Waals surface area contributed by atoms with E-state index in [1.54, 1.807) is 12.4 Å². The molecule has 106 valence electrons. The Morgan fingerprint density at radius 3 is 2.40 bits per heavy atom. The maximum absolute atomic E-state index is 8.86. The van der Waals surface area contributed by atoms with E-state index in [4.69, 9.17) is 9.84 Å². The number of aliphatic hydroxyl groups excluding tert-OH is 1. The lowest BCUT2D eigenvalue weighted by Crippen LogP contribution is -2.12. The molecular formula is C15H19N3O2. The van der Waals surface area contributed by atoms with Gasteiger partial charge in [0.2, 0.25) is 0 Å². The molecule has 20 heavy (non-hydrogen) atoms. The highest BCUT2D eigenvalue weighted by Crippen LogP contribution is 2.18. The van der Waals surface area contributed by atoms with Crippen molar-refractivity contribution in [2.45, 2.75) is 19.9 Å². The Labute approximate surface area is 118 Å². The number of benzene rings is 1.